The van der Waals surface area contributed by atoms with Crippen LogP contribution in [0.1, 0.15) is 75.6 Å². The van der Waals surface area contributed by atoms with Gasteiger partial charge >= 0.3 is 0 Å². The van der Waals surface area contributed by atoms with E-state index < -0.39 is 10.8 Å². The second-order valence-electron chi connectivity index (χ2n) is 7.45. The van der Waals surface area contributed by atoms with Gasteiger partial charge in [0.15, 0.2) is 0 Å². The minimum Gasteiger partial charge on any atom is -0.507 e. The second-order valence-corrected chi connectivity index (χ2v) is 8.93. The van der Waals surface area contributed by atoms with Gasteiger partial charge in [-0.3, -0.25) is 0 Å². The topological polar surface area (TPSA) is 57.5 Å². The summed E-state index contributed by atoms with van der Waals surface area (Å²) in [6.45, 7) is 8.32. The van der Waals surface area contributed by atoms with Crippen molar-refractivity contribution in [2.24, 2.45) is 0 Å². The maximum Gasteiger partial charge on any atom is 0.122 e. The van der Waals surface area contributed by atoms with Crippen molar-refractivity contribution in [3.63, 3.8) is 0 Å². The third-order valence-electron chi connectivity index (χ3n) is 4.99. The van der Waals surface area contributed by atoms with Gasteiger partial charge < -0.3 is 10.2 Å². The monoisotopic (exact) mass is 402 g/mol. The van der Waals surface area contributed by atoms with Crippen LogP contribution in [0.5, 0.6) is 11.5 Å². The summed E-state index contributed by atoms with van der Waals surface area (Å²) >= 11 is 0. The third kappa shape index (κ3) is 5.16. The average molecular weight is 403 g/mol. The minimum absolute atomic E-state index is 0.355. The molecule has 0 saturated heterocycles. The lowest BCUT2D eigenvalue weighted by molar-refractivity contribution is 0.459. The number of hydrogen-bond donors (Lipinski definition) is 2. The Balaban J connectivity index is 2.55. The van der Waals surface area contributed by atoms with Crippen LogP contribution in [0.3, 0.4) is 0 Å². The van der Waals surface area contributed by atoms with Crippen LogP contribution in [0.2, 0.25) is 0 Å². The van der Waals surface area contributed by atoms with E-state index in [0.717, 1.165) is 83.4 Å². The molecule has 2 aromatic carbocycles. The van der Waals surface area contributed by atoms with Gasteiger partial charge in [-0.25, -0.2) is 4.21 Å². The molecule has 0 atom stereocenters. The normalized spacial score (nSPS) is 11.3. The van der Waals surface area contributed by atoms with Crippen molar-refractivity contribution in [3.8, 4) is 11.5 Å². The number of phenolic OH excluding ortho intramolecular Hbond substituents is 2. The molecule has 0 aliphatic carbocycles. The van der Waals surface area contributed by atoms with Crippen molar-refractivity contribution in [3.05, 3.63) is 46.5 Å². The SMILES string of the molecule is CCCc1cc(S(=O)c2cc(CCC)c(O)c(CCC)c2)cc(CCC)c1O. The number of benzene rings is 2. The lowest BCUT2D eigenvalue weighted by atomic mass is 10.0. The van der Waals surface area contributed by atoms with E-state index in [1.807, 2.05) is 24.3 Å². The van der Waals surface area contributed by atoms with E-state index in [9.17, 15) is 14.4 Å². The molecule has 0 aliphatic rings. The molecule has 28 heavy (non-hydrogen) atoms. The van der Waals surface area contributed by atoms with Crippen molar-refractivity contribution in [1.29, 1.82) is 0 Å². The van der Waals surface area contributed by atoms with Gasteiger partial charge in [0.2, 0.25) is 0 Å². The van der Waals surface area contributed by atoms with Gasteiger partial charge in [0.1, 0.15) is 11.5 Å². The molecule has 2 N–H and O–H groups in total. The van der Waals surface area contributed by atoms with Gasteiger partial charge in [-0.05, 0) is 72.2 Å². The van der Waals surface area contributed by atoms with E-state index in [0.29, 0.717) is 11.5 Å². The summed E-state index contributed by atoms with van der Waals surface area (Å²) < 4.78 is 13.4. The van der Waals surface area contributed by atoms with E-state index in [1.165, 1.54) is 0 Å². The Hall–Kier alpha value is -1.81. The number of aryl methyl sites for hydroxylation is 4. The minimum atomic E-state index is -1.34. The van der Waals surface area contributed by atoms with Gasteiger partial charge in [0.25, 0.3) is 0 Å². The zero-order valence-corrected chi connectivity index (χ0v) is 18.5. The summed E-state index contributed by atoms with van der Waals surface area (Å²) in [7, 11) is -1.34. The van der Waals surface area contributed by atoms with E-state index in [-0.39, 0.29) is 0 Å². The molecular formula is C24H34O3S. The highest BCUT2D eigenvalue weighted by Crippen LogP contribution is 2.33. The first kappa shape index (κ1) is 22.5. The molecule has 0 fully saturated rings. The number of hydrogen-bond acceptors (Lipinski definition) is 3. The Morgan fingerprint density at radius 1 is 0.607 bits per heavy atom. The molecule has 0 aromatic heterocycles. The van der Waals surface area contributed by atoms with Crippen LogP contribution in [-0.2, 0) is 36.5 Å². The predicted octanol–water partition coefficient (Wildman–Crippen LogP) is 6.07. The van der Waals surface area contributed by atoms with Crippen molar-refractivity contribution < 1.29 is 14.4 Å². The molecular weight excluding hydrogens is 368 g/mol. The van der Waals surface area contributed by atoms with Crippen molar-refractivity contribution in [2.45, 2.75) is 88.9 Å². The first-order valence-electron chi connectivity index (χ1n) is 10.6. The fraction of sp³-hybridized carbons (Fsp3) is 0.500. The highest BCUT2D eigenvalue weighted by molar-refractivity contribution is 7.85. The van der Waals surface area contributed by atoms with E-state index >= 15 is 0 Å². The van der Waals surface area contributed by atoms with Crippen LogP contribution in [0.25, 0.3) is 0 Å². The zero-order chi connectivity index (χ0) is 20.7. The van der Waals surface area contributed by atoms with Crippen molar-refractivity contribution >= 4 is 10.8 Å². The molecule has 0 saturated carbocycles. The molecule has 0 radical (unpaired) electrons. The summed E-state index contributed by atoms with van der Waals surface area (Å²) in [5, 5.41) is 21.1. The Morgan fingerprint density at radius 3 is 1.07 bits per heavy atom. The van der Waals surface area contributed by atoms with Gasteiger partial charge in [-0.1, -0.05) is 53.4 Å². The molecule has 0 unspecified atom stereocenters. The summed E-state index contributed by atoms with van der Waals surface area (Å²) in [6.07, 6.45) is 6.78. The van der Waals surface area contributed by atoms with Crippen LogP contribution < -0.4 is 0 Å². The quantitative estimate of drug-likeness (QED) is 0.507. The van der Waals surface area contributed by atoms with E-state index in [4.69, 9.17) is 0 Å². The lowest BCUT2D eigenvalue weighted by Crippen LogP contribution is -2.01. The number of aromatic hydroxyl groups is 2. The van der Waals surface area contributed by atoms with Crippen LogP contribution in [0, 0.1) is 0 Å². The summed E-state index contributed by atoms with van der Waals surface area (Å²) in [5.41, 5.74) is 3.49. The van der Waals surface area contributed by atoms with E-state index in [1.54, 1.807) is 0 Å². The van der Waals surface area contributed by atoms with Gasteiger partial charge in [-0.15, -0.1) is 0 Å². The molecule has 4 heteroatoms. The van der Waals surface area contributed by atoms with E-state index in [2.05, 4.69) is 27.7 Å². The summed E-state index contributed by atoms with van der Waals surface area (Å²) in [5.74, 6) is 0.710. The standard InChI is InChI=1S/C24H34O3S/c1-5-9-17-13-21(14-18(10-6-2)23(17)25)28(27)22-15-19(11-7-3)24(26)20(16-22)12-8-4/h13-16,25-26H,5-12H2,1-4H3. The highest BCUT2D eigenvalue weighted by atomic mass is 32.2. The smallest absolute Gasteiger partial charge is 0.122 e. The van der Waals surface area contributed by atoms with Crippen molar-refractivity contribution in [1.82, 2.24) is 0 Å². The molecule has 154 valence electrons. The Kier molecular flexibility index (Phi) is 8.56. The maximum atomic E-state index is 13.4. The second kappa shape index (κ2) is 10.7. The third-order valence-corrected chi connectivity index (χ3v) is 6.32. The first-order chi connectivity index (χ1) is 13.5. The van der Waals surface area contributed by atoms with Crippen molar-refractivity contribution in [2.75, 3.05) is 0 Å². The Bertz CT molecular complexity index is 705. The van der Waals surface area contributed by atoms with Crippen LogP contribution in [-0.4, -0.2) is 14.4 Å². The Labute approximate surface area is 172 Å². The Morgan fingerprint density at radius 2 is 0.857 bits per heavy atom. The largest absolute Gasteiger partial charge is 0.507 e. The summed E-state index contributed by atoms with van der Waals surface area (Å²) in [4.78, 5) is 1.47. The zero-order valence-electron chi connectivity index (χ0n) is 17.7. The first-order valence-corrected chi connectivity index (χ1v) is 11.7. The van der Waals surface area contributed by atoms with Gasteiger partial charge in [0.05, 0.1) is 10.8 Å². The van der Waals surface area contributed by atoms with Crippen LogP contribution >= 0.6 is 0 Å². The number of phenols is 2. The molecule has 2 rings (SSSR count). The number of rotatable bonds is 10. The molecule has 2 aromatic rings. The van der Waals surface area contributed by atoms with Crippen LogP contribution in [0.4, 0.5) is 0 Å². The average Bonchev–Trinajstić information content (AvgIpc) is 2.68. The molecule has 0 heterocycles. The molecule has 0 amide bonds. The highest BCUT2D eigenvalue weighted by Gasteiger charge is 2.17. The van der Waals surface area contributed by atoms with Gasteiger partial charge in [-0.2, -0.15) is 0 Å². The molecule has 0 aliphatic heterocycles. The summed E-state index contributed by atoms with van der Waals surface area (Å²) in [6, 6.07) is 7.56. The fourth-order valence-electron chi connectivity index (χ4n) is 3.65. The van der Waals surface area contributed by atoms with Crippen LogP contribution in [0.15, 0.2) is 34.1 Å². The predicted molar refractivity (Wildman–Crippen MR) is 117 cm³/mol. The molecule has 0 spiro atoms. The fourth-order valence-corrected chi connectivity index (χ4v) is 4.92. The molecule has 3 nitrogen and oxygen atoms in total. The van der Waals surface area contributed by atoms with Gasteiger partial charge in [0, 0.05) is 9.79 Å². The lowest BCUT2D eigenvalue weighted by Gasteiger charge is -2.15. The molecule has 0 bridgehead atoms. The maximum absolute atomic E-state index is 13.4.